The van der Waals surface area contributed by atoms with Crippen LogP contribution < -0.4 is 10.2 Å². The maximum Gasteiger partial charge on any atom is 0.433 e. The molecular weight excluding hydrogens is 397 g/mol. The molecule has 3 aromatic heterocycles. The summed E-state index contributed by atoms with van der Waals surface area (Å²) in [5, 5.41) is 7.77. The first-order chi connectivity index (χ1) is 12.5. The summed E-state index contributed by atoms with van der Waals surface area (Å²) < 4.78 is 39.6. The molecule has 1 N–H and O–H groups in total. The summed E-state index contributed by atoms with van der Waals surface area (Å²) in [4.78, 5) is 10.7. The second-order valence-corrected chi connectivity index (χ2v) is 6.97. The zero-order valence-corrected chi connectivity index (χ0v) is 15.9. The number of hydrogen-bond donors (Lipinski definition) is 1. The van der Waals surface area contributed by atoms with Crippen LogP contribution in [0.25, 0.3) is 22.0 Å². The number of thiophene rings is 1. The summed E-state index contributed by atoms with van der Waals surface area (Å²) in [6.45, 7) is 3.33. The molecule has 0 amide bonds. The highest BCUT2D eigenvalue weighted by atomic mass is 35.5. The van der Waals surface area contributed by atoms with Crippen molar-refractivity contribution >= 4 is 40.5 Å². The molecule has 0 aliphatic carbocycles. The van der Waals surface area contributed by atoms with Crippen LogP contribution in [0, 0.1) is 0 Å². The summed E-state index contributed by atoms with van der Waals surface area (Å²) in [7, 11) is 0. The number of rotatable bonds is 2. The normalized spacial score (nSPS) is 15.4. The van der Waals surface area contributed by atoms with Crippen molar-refractivity contribution in [2.45, 2.75) is 12.6 Å². The van der Waals surface area contributed by atoms with Crippen molar-refractivity contribution in [3.63, 3.8) is 0 Å². The minimum absolute atomic E-state index is 0. The summed E-state index contributed by atoms with van der Waals surface area (Å²) >= 11 is 1.49. The summed E-state index contributed by atoms with van der Waals surface area (Å²) in [6.07, 6.45) is -1.87. The molecule has 4 rings (SSSR count). The van der Waals surface area contributed by atoms with Crippen LogP contribution >= 0.6 is 23.7 Å². The molecule has 1 fully saturated rings. The van der Waals surface area contributed by atoms with Gasteiger partial charge in [-0.05, 0) is 47.5 Å². The minimum Gasteiger partial charge on any atom is -0.355 e. The molecule has 0 aromatic carbocycles. The van der Waals surface area contributed by atoms with Gasteiger partial charge in [-0.25, -0.2) is 9.97 Å². The molecule has 0 bridgehead atoms. The molecule has 9 heteroatoms. The van der Waals surface area contributed by atoms with Crippen molar-refractivity contribution in [3.8, 4) is 11.1 Å². The van der Waals surface area contributed by atoms with Crippen molar-refractivity contribution in [1.29, 1.82) is 0 Å². The van der Waals surface area contributed by atoms with Crippen molar-refractivity contribution < 1.29 is 13.2 Å². The fraction of sp³-hybridized carbons (Fsp3) is 0.333. The molecule has 4 heterocycles. The molecular formula is C18H18ClF3N4S. The lowest BCUT2D eigenvalue weighted by Crippen LogP contribution is -2.28. The van der Waals surface area contributed by atoms with Crippen molar-refractivity contribution in [1.82, 2.24) is 15.3 Å². The Bertz CT molecular complexity index is 907. The van der Waals surface area contributed by atoms with Gasteiger partial charge in [0.25, 0.3) is 0 Å². The first-order valence-electron chi connectivity index (χ1n) is 8.39. The molecule has 27 heavy (non-hydrogen) atoms. The van der Waals surface area contributed by atoms with Gasteiger partial charge < -0.3 is 10.2 Å². The number of fused-ring (bicyclic) bond motifs is 1. The van der Waals surface area contributed by atoms with Gasteiger partial charge in [0, 0.05) is 36.8 Å². The average molecular weight is 415 g/mol. The van der Waals surface area contributed by atoms with E-state index in [4.69, 9.17) is 0 Å². The van der Waals surface area contributed by atoms with Crippen LogP contribution in [0.3, 0.4) is 0 Å². The topological polar surface area (TPSA) is 41.0 Å². The number of alkyl halides is 3. The lowest BCUT2D eigenvalue weighted by Gasteiger charge is -2.23. The zero-order valence-electron chi connectivity index (χ0n) is 14.3. The summed E-state index contributed by atoms with van der Waals surface area (Å²) in [5.74, 6) is 0.698. The van der Waals surface area contributed by atoms with Crippen LogP contribution in [0.2, 0.25) is 0 Å². The second-order valence-electron chi connectivity index (χ2n) is 6.19. The number of halogens is 4. The van der Waals surface area contributed by atoms with E-state index in [1.807, 2.05) is 16.8 Å². The third-order valence-electron chi connectivity index (χ3n) is 4.47. The standard InChI is InChI=1S/C18H17F3N4S.ClH/c19-18(20,21)15-3-2-13-16(24-15)14(12-4-9-26-11-12)10-23-17(13)25-7-1-5-22-6-8-25;/h2-4,9-11,22H,1,5-8H2;1H. The Morgan fingerprint density at radius 1 is 1.11 bits per heavy atom. The highest BCUT2D eigenvalue weighted by Crippen LogP contribution is 2.36. The maximum absolute atomic E-state index is 13.2. The second kappa shape index (κ2) is 8.00. The molecule has 0 saturated carbocycles. The Labute approximate surface area is 164 Å². The molecule has 0 spiro atoms. The van der Waals surface area contributed by atoms with E-state index >= 15 is 0 Å². The fourth-order valence-corrected chi connectivity index (χ4v) is 3.85. The van der Waals surface area contributed by atoms with E-state index in [-0.39, 0.29) is 12.4 Å². The van der Waals surface area contributed by atoms with Crippen LogP contribution in [0.5, 0.6) is 0 Å². The number of anilines is 1. The Balaban J connectivity index is 0.00000210. The van der Waals surface area contributed by atoms with E-state index in [2.05, 4.69) is 20.2 Å². The lowest BCUT2D eigenvalue weighted by atomic mass is 10.1. The summed E-state index contributed by atoms with van der Waals surface area (Å²) in [5.41, 5.74) is 0.934. The van der Waals surface area contributed by atoms with Gasteiger partial charge in [-0.2, -0.15) is 24.5 Å². The van der Waals surface area contributed by atoms with Crippen molar-refractivity contribution in [2.75, 3.05) is 31.1 Å². The molecule has 0 radical (unpaired) electrons. The van der Waals surface area contributed by atoms with Crippen molar-refractivity contribution in [3.05, 3.63) is 40.8 Å². The average Bonchev–Trinajstić information content (AvgIpc) is 3.02. The largest absolute Gasteiger partial charge is 0.433 e. The Morgan fingerprint density at radius 2 is 1.96 bits per heavy atom. The number of pyridine rings is 2. The minimum atomic E-state index is -4.48. The molecule has 3 aromatic rings. The molecule has 1 aliphatic rings. The Hall–Kier alpha value is -1.90. The van der Waals surface area contributed by atoms with Crippen LogP contribution in [0.4, 0.5) is 19.0 Å². The van der Waals surface area contributed by atoms with Gasteiger partial charge in [-0.1, -0.05) is 0 Å². The SMILES string of the molecule is Cl.FC(F)(F)c1ccc2c(N3CCCNCC3)ncc(-c3ccsc3)c2n1. The Morgan fingerprint density at radius 3 is 2.70 bits per heavy atom. The van der Waals surface area contributed by atoms with E-state index in [1.54, 1.807) is 6.20 Å². The fourth-order valence-electron chi connectivity index (χ4n) is 3.20. The molecule has 0 atom stereocenters. The van der Waals surface area contributed by atoms with Gasteiger partial charge in [0.1, 0.15) is 11.5 Å². The quantitative estimate of drug-likeness (QED) is 0.665. The monoisotopic (exact) mass is 414 g/mol. The smallest absolute Gasteiger partial charge is 0.355 e. The number of aromatic nitrogens is 2. The molecule has 1 saturated heterocycles. The van der Waals surface area contributed by atoms with Gasteiger partial charge in [0.05, 0.1) is 5.52 Å². The molecule has 1 aliphatic heterocycles. The number of nitrogens with one attached hydrogen (secondary N) is 1. The maximum atomic E-state index is 13.2. The van der Waals surface area contributed by atoms with E-state index in [1.165, 1.54) is 17.4 Å². The van der Waals surface area contributed by atoms with E-state index in [0.29, 0.717) is 22.3 Å². The number of nitrogens with zero attached hydrogens (tertiary/aromatic N) is 3. The lowest BCUT2D eigenvalue weighted by molar-refractivity contribution is -0.140. The van der Waals surface area contributed by atoms with Gasteiger partial charge in [-0.3, -0.25) is 0 Å². The zero-order chi connectivity index (χ0) is 18.1. The first kappa shape index (κ1) is 19.9. The van der Waals surface area contributed by atoms with Crippen LogP contribution in [0.1, 0.15) is 12.1 Å². The predicted octanol–water partition coefficient (Wildman–Crippen LogP) is 4.60. The van der Waals surface area contributed by atoms with E-state index in [9.17, 15) is 13.2 Å². The third kappa shape index (κ3) is 4.02. The van der Waals surface area contributed by atoms with E-state index < -0.39 is 11.9 Å². The van der Waals surface area contributed by atoms with E-state index in [0.717, 1.165) is 44.2 Å². The first-order valence-corrected chi connectivity index (χ1v) is 9.33. The molecule has 0 unspecified atom stereocenters. The van der Waals surface area contributed by atoms with Crippen LogP contribution in [-0.2, 0) is 6.18 Å². The van der Waals surface area contributed by atoms with Crippen LogP contribution in [0.15, 0.2) is 35.2 Å². The highest BCUT2D eigenvalue weighted by molar-refractivity contribution is 7.08. The summed E-state index contributed by atoms with van der Waals surface area (Å²) in [6, 6.07) is 4.42. The van der Waals surface area contributed by atoms with Gasteiger partial charge in [0.15, 0.2) is 0 Å². The Kier molecular flexibility index (Phi) is 5.88. The molecule has 4 nitrogen and oxygen atoms in total. The van der Waals surface area contributed by atoms with Crippen molar-refractivity contribution in [2.24, 2.45) is 0 Å². The number of hydrogen-bond acceptors (Lipinski definition) is 5. The van der Waals surface area contributed by atoms with Crippen LogP contribution in [-0.4, -0.2) is 36.1 Å². The third-order valence-corrected chi connectivity index (χ3v) is 5.15. The van der Waals surface area contributed by atoms with Gasteiger partial charge in [-0.15, -0.1) is 12.4 Å². The highest BCUT2D eigenvalue weighted by Gasteiger charge is 2.33. The van der Waals surface area contributed by atoms with Gasteiger partial charge in [0.2, 0.25) is 0 Å². The predicted molar refractivity (Wildman–Crippen MR) is 105 cm³/mol. The van der Waals surface area contributed by atoms with Gasteiger partial charge >= 0.3 is 6.18 Å². The molecule has 144 valence electrons.